The van der Waals surface area contributed by atoms with Crippen LogP contribution < -0.4 is 11.1 Å². The quantitative estimate of drug-likeness (QED) is 0.606. The molecule has 0 saturated heterocycles. The maximum Gasteiger partial charge on any atom is 0.198 e. The number of aryl methyl sites for hydroxylation is 1. The molecule has 3 rings (SSSR count). The van der Waals surface area contributed by atoms with Crippen LogP contribution in [0.3, 0.4) is 0 Å². The zero-order valence-electron chi connectivity index (χ0n) is 10.4. The summed E-state index contributed by atoms with van der Waals surface area (Å²) < 4.78 is 1.23. The second kappa shape index (κ2) is 4.73. The highest BCUT2D eigenvalue weighted by atomic mass is 127. The number of hydrogen-bond acceptors (Lipinski definition) is 3. The number of nitrogens with one attached hydrogen (secondary N) is 2. The van der Waals surface area contributed by atoms with Crippen LogP contribution in [0, 0.1) is 10.5 Å². The van der Waals surface area contributed by atoms with Crippen molar-refractivity contribution in [3.05, 3.63) is 45.5 Å². The van der Waals surface area contributed by atoms with E-state index in [4.69, 9.17) is 5.73 Å². The molecule has 3 aromatic rings. The Balaban J connectivity index is 1.96. The lowest BCUT2D eigenvalue weighted by molar-refractivity contribution is 1.35. The summed E-state index contributed by atoms with van der Waals surface area (Å²) >= 11 is 2.31. The molecule has 0 unspecified atom stereocenters. The van der Waals surface area contributed by atoms with E-state index in [-0.39, 0.29) is 0 Å². The van der Waals surface area contributed by atoms with Crippen LogP contribution in [0.4, 0.5) is 17.3 Å². The molecule has 0 spiro atoms. The van der Waals surface area contributed by atoms with Crippen LogP contribution in [0.1, 0.15) is 5.56 Å². The van der Waals surface area contributed by atoms with Crippen molar-refractivity contribution >= 4 is 50.9 Å². The Kier molecular flexibility index (Phi) is 3.06. The molecule has 0 atom stereocenters. The van der Waals surface area contributed by atoms with Gasteiger partial charge in [-0.25, -0.2) is 4.98 Å². The first-order valence-electron chi connectivity index (χ1n) is 5.90. The smallest absolute Gasteiger partial charge is 0.198 e. The summed E-state index contributed by atoms with van der Waals surface area (Å²) in [6, 6.07) is 12.3. The van der Waals surface area contributed by atoms with E-state index in [1.165, 1.54) is 9.13 Å². The summed E-state index contributed by atoms with van der Waals surface area (Å²) in [4.78, 5) is 7.22. The highest BCUT2D eigenvalue weighted by molar-refractivity contribution is 14.1. The van der Waals surface area contributed by atoms with Crippen LogP contribution in [-0.4, -0.2) is 9.97 Å². The zero-order chi connectivity index (χ0) is 13.4. The number of nitrogens with two attached hydrogens (primary N) is 1. The number of benzene rings is 2. The van der Waals surface area contributed by atoms with Crippen molar-refractivity contribution in [3.63, 3.8) is 0 Å². The Morgan fingerprint density at radius 1 is 1.21 bits per heavy atom. The summed E-state index contributed by atoms with van der Waals surface area (Å²) in [5.74, 6) is 0.442. The first kappa shape index (κ1) is 12.3. The third-order valence-electron chi connectivity index (χ3n) is 2.97. The number of aromatic nitrogens is 2. The first-order valence-corrected chi connectivity index (χ1v) is 6.98. The van der Waals surface area contributed by atoms with Gasteiger partial charge in [-0.05, 0) is 71.5 Å². The second-order valence-electron chi connectivity index (χ2n) is 4.44. The average Bonchev–Trinajstić information content (AvgIpc) is 2.72. The van der Waals surface area contributed by atoms with Crippen molar-refractivity contribution in [2.75, 3.05) is 11.1 Å². The highest BCUT2D eigenvalue weighted by Crippen LogP contribution is 2.24. The van der Waals surface area contributed by atoms with Crippen LogP contribution in [0.15, 0.2) is 36.4 Å². The summed E-state index contributed by atoms with van der Waals surface area (Å²) in [5.41, 5.74) is 10.8. The van der Waals surface area contributed by atoms with Crippen molar-refractivity contribution in [1.82, 2.24) is 9.97 Å². The van der Waals surface area contributed by atoms with E-state index in [1.54, 1.807) is 0 Å². The molecule has 19 heavy (non-hydrogen) atoms. The van der Waals surface area contributed by atoms with Gasteiger partial charge in [-0.3, -0.25) is 0 Å². The lowest BCUT2D eigenvalue weighted by Gasteiger charge is -2.09. The number of anilines is 3. The second-order valence-corrected chi connectivity index (χ2v) is 5.68. The predicted molar refractivity (Wildman–Crippen MR) is 87.7 cm³/mol. The first-order chi connectivity index (χ1) is 9.11. The summed E-state index contributed by atoms with van der Waals surface area (Å²) in [7, 11) is 0. The topological polar surface area (TPSA) is 66.7 Å². The van der Waals surface area contributed by atoms with Gasteiger partial charge in [0, 0.05) is 14.9 Å². The minimum absolute atomic E-state index is 0.442. The molecule has 4 N–H and O–H groups in total. The average molecular weight is 364 g/mol. The molecule has 0 amide bonds. The van der Waals surface area contributed by atoms with Gasteiger partial charge in [0.05, 0.1) is 11.0 Å². The molecule has 5 heteroatoms. The number of H-pyrrole nitrogens is 1. The number of nitrogen functional groups attached to an aromatic ring is 1. The Morgan fingerprint density at radius 3 is 2.84 bits per heavy atom. The zero-order valence-corrected chi connectivity index (χ0v) is 12.5. The molecular weight excluding hydrogens is 351 g/mol. The normalized spacial score (nSPS) is 10.8. The fourth-order valence-electron chi connectivity index (χ4n) is 2.03. The number of halogens is 1. The fraction of sp³-hybridized carbons (Fsp3) is 0.0714. The van der Waals surface area contributed by atoms with Crippen molar-refractivity contribution in [2.45, 2.75) is 6.92 Å². The number of nitrogens with zero attached hydrogens (tertiary/aromatic N) is 1. The maximum absolute atomic E-state index is 5.65. The number of hydrogen-bond donors (Lipinski definition) is 3. The molecule has 0 saturated carbocycles. The molecule has 2 aromatic carbocycles. The van der Waals surface area contributed by atoms with Gasteiger partial charge in [-0.2, -0.15) is 0 Å². The molecule has 0 bridgehead atoms. The molecular formula is C14H13IN4. The van der Waals surface area contributed by atoms with Crippen molar-refractivity contribution in [2.24, 2.45) is 0 Å². The van der Waals surface area contributed by atoms with Crippen molar-refractivity contribution < 1.29 is 0 Å². The van der Waals surface area contributed by atoms with E-state index in [1.807, 2.05) is 18.2 Å². The van der Waals surface area contributed by atoms with E-state index in [9.17, 15) is 0 Å². The number of imidazole rings is 1. The van der Waals surface area contributed by atoms with Crippen LogP contribution in [0.25, 0.3) is 11.0 Å². The van der Waals surface area contributed by atoms with Gasteiger partial charge in [-0.15, -0.1) is 0 Å². The van der Waals surface area contributed by atoms with Crippen LogP contribution >= 0.6 is 22.6 Å². The van der Waals surface area contributed by atoms with E-state index in [0.717, 1.165) is 22.4 Å². The minimum Gasteiger partial charge on any atom is -0.369 e. The van der Waals surface area contributed by atoms with Crippen molar-refractivity contribution in [1.29, 1.82) is 0 Å². The molecule has 4 nitrogen and oxygen atoms in total. The standard InChI is InChI=1S/C14H13IN4/c1-8-6-9(15)2-4-11(8)17-10-3-5-12-13(7-10)19-14(16)18-12/h2-7,17H,1H3,(H3,16,18,19). The largest absolute Gasteiger partial charge is 0.369 e. The third kappa shape index (κ3) is 2.51. The molecule has 0 aliphatic rings. The molecule has 0 fully saturated rings. The number of rotatable bonds is 2. The lowest BCUT2D eigenvalue weighted by Crippen LogP contribution is -1.93. The third-order valence-corrected chi connectivity index (χ3v) is 3.64. The van der Waals surface area contributed by atoms with Gasteiger partial charge in [0.25, 0.3) is 0 Å². The Hall–Kier alpha value is -1.76. The molecule has 0 aliphatic carbocycles. The van der Waals surface area contributed by atoms with Crippen LogP contribution in [0.5, 0.6) is 0 Å². The predicted octanol–water partition coefficient (Wildman–Crippen LogP) is 3.80. The maximum atomic E-state index is 5.65. The van der Waals surface area contributed by atoms with Gasteiger partial charge >= 0.3 is 0 Å². The van der Waals surface area contributed by atoms with E-state index >= 15 is 0 Å². The Bertz CT molecular complexity index is 748. The summed E-state index contributed by atoms with van der Waals surface area (Å²) in [6.45, 7) is 2.09. The van der Waals surface area contributed by atoms with Gasteiger partial charge in [-0.1, -0.05) is 0 Å². The minimum atomic E-state index is 0.442. The van der Waals surface area contributed by atoms with E-state index in [0.29, 0.717) is 5.95 Å². The van der Waals surface area contributed by atoms with Gasteiger partial charge in [0.2, 0.25) is 0 Å². The van der Waals surface area contributed by atoms with E-state index in [2.05, 4.69) is 63.0 Å². The molecule has 0 aliphatic heterocycles. The molecule has 0 radical (unpaired) electrons. The Labute approximate surface area is 124 Å². The lowest BCUT2D eigenvalue weighted by atomic mass is 10.2. The fourth-order valence-corrected chi connectivity index (χ4v) is 2.68. The summed E-state index contributed by atoms with van der Waals surface area (Å²) in [5, 5.41) is 3.41. The summed E-state index contributed by atoms with van der Waals surface area (Å²) in [6.07, 6.45) is 0. The molecule has 1 aromatic heterocycles. The van der Waals surface area contributed by atoms with Crippen molar-refractivity contribution in [3.8, 4) is 0 Å². The monoisotopic (exact) mass is 364 g/mol. The van der Waals surface area contributed by atoms with Crippen LogP contribution in [0.2, 0.25) is 0 Å². The SMILES string of the molecule is Cc1cc(I)ccc1Nc1ccc2nc(N)[nH]c2c1. The van der Waals surface area contributed by atoms with E-state index < -0.39 is 0 Å². The Morgan fingerprint density at radius 2 is 2.05 bits per heavy atom. The van der Waals surface area contributed by atoms with Gasteiger partial charge in [0.15, 0.2) is 5.95 Å². The molecule has 96 valence electrons. The van der Waals surface area contributed by atoms with Gasteiger partial charge in [0.1, 0.15) is 0 Å². The molecule has 1 heterocycles. The number of fused-ring (bicyclic) bond motifs is 1. The van der Waals surface area contributed by atoms with Crippen LogP contribution in [-0.2, 0) is 0 Å². The van der Waals surface area contributed by atoms with Gasteiger partial charge < -0.3 is 16.0 Å². The highest BCUT2D eigenvalue weighted by Gasteiger charge is 2.03. The number of aromatic amines is 1.